The first-order valence-corrected chi connectivity index (χ1v) is 17.4. The first-order chi connectivity index (χ1) is 23.9. The number of fused-ring (bicyclic) bond motifs is 2. The van der Waals surface area contributed by atoms with E-state index in [1.807, 2.05) is 61.5 Å². The Balaban J connectivity index is 0.000000319. The molecule has 3 heterocycles. The minimum absolute atomic E-state index is 0.259. The number of aryl methyl sites for hydroxylation is 1. The van der Waals surface area contributed by atoms with E-state index < -0.39 is 0 Å². The number of unbranched alkanes of at least 4 members (excludes halogenated alkanes) is 1. The Labute approximate surface area is 292 Å². The highest BCUT2D eigenvalue weighted by Gasteiger charge is 2.23. The second-order valence-corrected chi connectivity index (χ2v) is 12.1. The van der Waals surface area contributed by atoms with Gasteiger partial charge in [-0.05, 0) is 68.3 Å². The Kier molecular flexibility index (Phi) is 14.7. The molecular formula is C41H53N3O5. The van der Waals surface area contributed by atoms with Crippen LogP contribution in [-0.4, -0.2) is 52.8 Å². The lowest BCUT2D eigenvalue weighted by atomic mass is 10.1. The fourth-order valence-electron chi connectivity index (χ4n) is 5.69. The molecule has 49 heavy (non-hydrogen) atoms. The van der Waals surface area contributed by atoms with Crippen molar-refractivity contribution in [2.45, 2.75) is 66.3 Å². The van der Waals surface area contributed by atoms with E-state index in [1.165, 1.54) is 11.3 Å². The summed E-state index contributed by atoms with van der Waals surface area (Å²) in [5.74, 6) is 4.74. The smallest absolute Gasteiger partial charge is 0.231 e. The molecule has 2 aliphatic heterocycles. The van der Waals surface area contributed by atoms with Crippen molar-refractivity contribution in [3.05, 3.63) is 121 Å². The number of para-hydroxylation sites is 1. The molecule has 0 amide bonds. The third kappa shape index (κ3) is 10.4. The molecule has 8 heteroatoms. The van der Waals surface area contributed by atoms with Gasteiger partial charge >= 0.3 is 0 Å². The Hall–Kier alpha value is -4.69. The predicted molar refractivity (Wildman–Crippen MR) is 198 cm³/mol. The van der Waals surface area contributed by atoms with Gasteiger partial charge in [0, 0.05) is 44.1 Å². The fourth-order valence-corrected chi connectivity index (χ4v) is 5.69. The Morgan fingerprint density at radius 3 is 2.47 bits per heavy atom. The van der Waals surface area contributed by atoms with Crippen molar-refractivity contribution in [3.8, 4) is 28.6 Å². The van der Waals surface area contributed by atoms with Gasteiger partial charge in [-0.25, -0.2) is 4.98 Å². The van der Waals surface area contributed by atoms with Gasteiger partial charge in [-0.3, -0.25) is 0 Å². The molecule has 1 N–H and O–H groups in total. The van der Waals surface area contributed by atoms with Crippen molar-refractivity contribution < 1.29 is 24.1 Å². The van der Waals surface area contributed by atoms with Crippen LogP contribution in [0.5, 0.6) is 17.2 Å². The van der Waals surface area contributed by atoms with E-state index in [0.717, 1.165) is 92.0 Å². The van der Waals surface area contributed by atoms with E-state index in [1.54, 1.807) is 6.07 Å². The summed E-state index contributed by atoms with van der Waals surface area (Å²) >= 11 is 0. The van der Waals surface area contributed by atoms with E-state index in [0.29, 0.717) is 20.0 Å². The maximum Gasteiger partial charge on any atom is 0.231 e. The van der Waals surface area contributed by atoms with E-state index in [2.05, 4.69) is 61.6 Å². The van der Waals surface area contributed by atoms with Gasteiger partial charge in [0.15, 0.2) is 23.0 Å². The summed E-state index contributed by atoms with van der Waals surface area (Å²) in [5, 5.41) is 10.6. The highest BCUT2D eigenvalue weighted by atomic mass is 16.7. The molecule has 1 aliphatic carbocycles. The number of allylic oxidation sites excluding steroid dienone is 4. The number of imidazole rings is 1. The highest BCUT2D eigenvalue weighted by molar-refractivity contribution is 5.65. The lowest BCUT2D eigenvalue weighted by Crippen LogP contribution is -2.31. The second-order valence-electron chi connectivity index (χ2n) is 12.1. The van der Waals surface area contributed by atoms with E-state index in [-0.39, 0.29) is 11.7 Å². The number of nitrogens with zero attached hydrogens (tertiary/aromatic N) is 3. The van der Waals surface area contributed by atoms with Gasteiger partial charge in [-0.1, -0.05) is 69.7 Å². The molecule has 8 nitrogen and oxygen atoms in total. The topological polar surface area (TPSA) is 78.2 Å². The van der Waals surface area contributed by atoms with Gasteiger partial charge in [0.1, 0.15) is 11.6 Å². The molecule has 6 rings (SSSR count). The molecule has 1 atom stereocenters. The summed E-state index contributed by atoms with van der Waals surface area (Å²) in [4.78, 5) is 7.48. The summed E-state index contributed by atoms with van der Waals surface area (Å²) in [6, 6.07) is 13.4. The summed E-state index contributed by atoms with van der Waals surface area (Å²) in [6.07, 6.45) is 17.0. The van der Waals surface area contributed by atoms with Crippen molar-refractivity contribution in [2.75, 3.05) is 33.2 Å². The zero-order chi connectivity index (χ0) is 35.0. The molecule has 3 aromatic rings. The van der Waals surface area contributed by atoms with Crippen LogP contribution in [0.3, 0.4) is 0 Å². The van der Waals surface area contributed by atoms with Crippen LogP contribution in [0, 0.1) is 12.8 Å². The number of likely N-dealkylation sites (N-methyl/N-ethyl adjacent to an activating group) is 1. The molecule has 1 saturated heterocycles. The number of ether oxygens (including phenoxy) is 4. The number of aromatic nitrogens is 2. The minimum Gasteiger partial charge on any atom is -0.507 e. The molecule has 1 unspecified atom stereocenters. The molecular weight excluding hydrogens is 614 g/mol. The normalized spacial score (nSPS) is 15.3. The van der Waals surface area contributed by atoms with Gasteiger partial charge in [0.05, 0.1) is 11.3 Å². The molecule has 1 aromatic heterocycles. The highest BCUT2D eigenvalue weighted by Crippen LogP contribution is 2.33. The zero-order valence-electron chi connectivity index (χ0n) is 29.7. The SMILES string of the molecule is C=CCC.C=CCc1nc(-c2ccccc2O)n(CCCC)c1CCN(CC)CC1C=CC=C2OCOC2=C1.Cc1ccc2c(c1)OCO2. The summed E-state index contributed by atoms with van der Waals surface area (Å²) in [6.45, 7) is 20.3. The maximum atomic E-state index is 10.6. The Bertz CT molecular complexity index is 1620. The zero-order valence-corrected chi connectivity index (χ0v) is 29.7. The predicted octanol–water partition coefficient (Wildman–Crippen LogP) is 8.91. The van der Waals surface area contributed by atoms with Crippen molar-refractivity contribution in [2.24, 2.45) is 5.92 Å². The molecule has 0 bridgehead atoms. The van der Waals surface area contributed by atoms with Gasteiger partial charge in [-0.2, -0.15) is 0 Å². The van der Waals surface area contributed by atoms with Gasteiger partial charge in [-0.15, -0.1) is 13.2 Å². The fraction of sp³-hybridized carbons (Fsp3) is 0.390. The third-order valence-electron chi connectivity index (χ3n) is 8.41. The lowest BCUT2D eigenvalue weighted by Gasteiger charge is -2.24. The van der Waals surface area contributed by atoms with Crippen LogP contribution in [0.1, 0.15) is 57.0 Å². The van der Waals surface area contributed by atoms with Crippen LogP contribution in [0.4, 0.5) is 0 Å². The number of hydrogen-bond acceptors (Lipinski definition) is 7. The molecule has 1 fully saturated rings. The summed E-state index contributed by atoms with van der Waals surface area (Å²) in [5.41, 5.74) is 4.27. The monoisotopic (exact) mass is 667 g/mol. The first kappa shape index (κ1) is 37.1. The van der Waals surface area contributed by atoms with Crippen LogP contribution in [0.15, 0.2) is 104 Å². The van der Waals surface area contributed by atoms with Crippen LogP contribution in [-0.2, 0) is 28.9 Å². The van der Waals surface area contributed by atoms with E-state index in [9.17, 15) is 5.11 Å². The first-order valence-electron chi connectivity index (χ1n) is 17.4. The van der Waals surface area contributed by atoms with Crippen LogP contribution in [0.25, 0.3) is 11.4 Å². The number of phenols is 1. The molecule has 3 aliphatic rings. The summed E-state index contributed by atoms with van der Waals surface area (Å²) < 4.78 is 23.8. The quantitative estimate of drug-likeness (QED) is 0.182. The van der Waals surface area contributed by atoms with Gasteiger partial charge < -0.3 is 33.5 Å². The number of phenolic OH excluding ortho intramolecular Hbond substituents is 1. The number of rotatable bonds is 13. The molecule has 0 saturated carbocycles. The number of hydrogen-bond donors (Lipinski definition) is 1. The van der Waals surface area contributed by atoms with Crippen LogP contribution in [0.2, 0.25) is 0 Å². The minimum atomic E-state index is 0.259. The van der Waals surface area contributed by atoms with Crippen molar-refractivity contribution in [1.82, 2.24) is 14.5 Å². The molecule has 262 valence electrons. The average molecular weight is 668 g/mol. The summed E-state index contributed by atoms with van der Waals surface area (Å²) in [7, 11) is 0. The van der Waals surface area contributed by atoms with Crippen LogP contribution < -0.4 is 9.47 Å². The van der Waals surface area contributed by atoms with Gasteiger partial charge in [0.25, 0.3) is 0 Å². The standard InChI is InChI=1S/C29H37N3O3.C8H8O2.C4H8/c1-4-7-17-32-25(24(11-5-2)30-29(32)23-13-8-9-14-26(23)33)16-18-31(6-3)20-22-12-10-15-27-28(19-22)35-21-34-27;1-6-2-3-7-8(4-6)10-5-9-7;1-3-4-2/h5,8-10,12-15,19,22,33H,2,4,6-7,11,16-18,20-21H2,1,3H3;2-4H,5H2,1H3;3H,1,4H2,2H3. The maximum absolute atomic E-state index is 10.6. The third-order valence-corrected chi connectivity index (χ3v) is 8.41. The van der Waals surface area contributed by atoms with Gasteiger partial charge in [0.2, 0.25) is 13.6 Å². The Morgan fingerprint density at radius 1 is 0.980 bits per heavy atom. The van der Waals surface area contributed by atoms with E-state index in [4.69, 9.17) is 23.9 Å². The number of benzene rings is 2. The second kappa shape index (κ2) is 19.3. The van der Waals surface area contributed by atoms with Crippen molar-refractivity contribution in [3.63, 3.8) is 0 Å². The average Bonchev–Trinajstić information content (AvgIpc) is 3.82. The van der Waals surface area contributed by atoms with E-state index >= 15 is 0 Å². The van der Waals surface area contributed by atoms with Crippen LogP contribution >= 0.6 is 0 Å². The molecule has 2 aromatic carbocycles. The van der Waals surface area contributed by atoms with Crippen molar-refractivity contribution in [1.29, 1.82) is 0 Å². The van der Waals surface area contributed by atoms with Crippen molar-refractivity contribution >= 4 is 0 Å². The number of aromatic hydroxyl groups is 1. The lowest BCUT2D eigenvalue weighted by molar-refractivity contribution is 0.0970. The molecule has 0 spiro atoms. The molecule has 0 radical (unpaired) electrons. The largest absolute Gasteiger partial charge is 0.507 e. The Morgan fingerprint density at radius 2 is 1.73 bits per heavy atom.